The summed E-state index contributed by atoms with van der Waals surface area (Å²) >= 11 is 6.29. The quantitative estimate of drug-likeness (QED) is 0.280. The number of aliphatic imine (C=N–C) groups is 1. The van der Waals surface area contributed by atoms with Crippen molar-refractivity contribution >= 4 is 40.4 Å². The highest BCUT2D eigenvalue weighted by atomic mass is 35.5. The van der Waals surface area contributed by atoms with Crippen molar-refractivity contribution in [1.82, 2.24) is 0 Å². The number of furan rings is 1. The van der Waals surface area contributed by atoms with Gasteiger partial charge in [-0.05, 0) is 25.1 Å². The molecule has 8 nitrogen and oxygen atoms in total. The first kappa shape index (κ1) is 21.8. The van der Waals surface area contributed by atoms with Crippen molar-refractivity contribution in [3.8, 4) is 11.3 Å². The largest absolute Gasteiger partial charge is 0.468 e. The van der Waals surface area contributed by atoms with E-state index in [1.165, 1.54) is 25.3 Å². The Morgan fingerprint density at radius 2 is 1.85 bits per heavy atom. The molecule has 0 spiro atoms. The van der Waals surface area contributed by atoms with Gasteiger partial charge in [0, 0.05) is 40.1 Å². The third kappa shape index (κ3) is 3.26. The third-order valence-electron chi connectivity index (χ3n) is 6.12. The predicted octanol–water partition coefficient (Wildman–Crippen LogP) is 5.46. The number of allylic oxidation sites excluding steroid dienone is 1. The van der Waals surface area contributed by atoms with Crippen molar-refractivity contribution < 1.29 is 23.7 Å². The zero-order valence-corrected chi connectivity index (χ0v) is 18.8. The van der Waals surface area contributed by atoms with Crippen molar-refractivity contribution in [1.29, 1.82) is 0 Å². The molecule has 5 rings (SSSR count). The molecular weight excluding hydrogens is 460 g/mol. The van der Waals surface area contributed by atoms with E-state index in [1.54, 1.807) is 31.2 Å². The van der Waals surface area contributed by atoms with Crippen LogP contribution in [0.3, 0.4) is 0 Å². The molecule has 0 fully saturated rings. The number of halogens is 1. The molecule has 3 aromatic rings. The van der Waals surface area contributed by atoms with Gasteiger partial charge in [0.2, 0.25) is 0 Å². The van der Waals surface area contributed by atoms with Crippen LogP contribution in [0.4, 0.5) is 5.69 Å². The van der Waals surface area contributed by atoms with Gasteiger partial charge in [0.1, 0.15) is 17.4 Å². The maximum absolute atomic E-state index is 13.4. The van der Waals surface area contributed by atoms with Gasteiger partial charge in [-0.25, -0.2) is 0 Å². The smallest absolute Gasteiger partial charge is 0.315 e. The average molecular weight is 477 g/mol. The lowest BCUT2D eigenvalue weighted by atomic mass is 9.78. The molecule has 0 amide bonds. The third-order valence-corrected chi connectivity index (χ3v) is 6.45. The lowest BCUT2D eigenvalue weighted by molar-refractivity contribution is -0.384. The van der Waals surface area contributed by atoms with Gasteiger partial charge in [-0.15, -0.1) is 0 Å². The summed E-state index contributed by atoms with van der Waals surface area (Å²) in [6.07, 6.45) is 0. The van der Waals surface area contributed by atoms with Gasteiger partial charge in [0.05, 0.1) is 28.7 Å². The van der Waals surface area contributed by atoms with Crippen molar-refractivity contribution in [2.45, 2.75) is 12.8 Å². The second-order valence-corrected chi connectivity index (χ2v) is 8.40. The minimum absolute atomic E-state index is 0.142. The molecular formula is C25H17ClN2O6. The molecule has 1 unspecified atom stereocenters. The second-order valence-electron chi connectivity index (χ2n) is 7.99. The number of Topliss-reactive ketones (excluding diaryl/α,β-unsaturated/α-hetero) is 1. The number of nitro benzene ring substituents is 1. The first-order valence-corrected chi connectivity index (χ1v) is 10.7. The van der Waals surface area contributed by atoms with Gasteiger partial charge in [-0.1, -0.05) is 35.9 Å². The molecule has 2 aromatic carbocycles. The van der Waals surface area contributed by atoms with Crippen LogP contribution in [0.1, 0.15) is 34.5 Å². The maximum atomic E-state index is 13.4. The summed E-state index contributed by atoms with van der Waals surface area (Å²) in [5.74, 6) is -1.83. The van der Waals surface area contributed by atoms with Crippen molar-refractivity contribution in [2.75, 3.05) is 7.11 Å². The fourth-order valence-corrected chi connectivity index (χ4v) is 4.78. The van der Waals surface area contributed by atoms with Crippen LogP contribution >= 0.6 is 11.6 Å². The van der Waals surface area contributed by atoms with Crippen LogP contribution in [-0.2, 0) is 9.53 Å². The Hall–Kier alpha value is -4.04. The Morgan fingerprint density at radius 3 is 2.56 bits per heavy atom. The molecule has 0 bridgehead atoms. The summed E-state index contributed by atoms with van der Waals surface area (Å²) < 4.78 is 11.1. The monoisotopic (exact) mass is 476 g/mol. The van der Waals surface area contributed by atoms with Gasteiger partial charge >= 0.3 is 5.97 Å². The normalized spacial score (nSPS) is 18.9. The number of fused-ring (bicyclic) bond motifs is 2. The van der Waals surface area contributed by atoms with Gasteiger partial charge in [-0.3, -0.25) is 24.7 Å². The number of non-ortho nitro benzene ring substituents is 1. The number of hydrogen-bond acceptors (Lipinski definition) is 7. The number of ether oxygens (including phenoxy) is 1. The van der Waals surface area contributed by atoms with Crippen molar-refractivity contribution in [3.05, 3.63) is 92.2 Å². The van der Waals surface area contributed by atoms with E-state index in [-0.39, 0.29) is 22.3 Å². The van der Waals surface area contributed by atoms with E-state index in [9.17, 15) is 19.7 Å². The van der Waals surface area contributed by atoms with Crippen LogP contribution < -0.4 is 0 Å². The number of hydrogen-bond donors (Lipinski definition) is 0. The fourth-order valence-electron chi connectivity index (χ4n) is 4.57. The molecule has 2 aliphatic rings. The molecule has 0 saturated heterocycles. The summed E-state index contributed by atoms with van der Waals surface area (Å²) in [4.78, 5) is 41.5. The standard InChI is InChI=1S/C25H17ClN2O6/c1-12-20(25(30)33-2)21(22-23(27-12)14-5-3-4-6-15(14)24(22)29)19-10-9-18(34-19)16-11-13(28(31)32)7-8-17(16)26/h3-11,20-21H,1-2H3/t20?,21-/m1/s1. The molecule has 34 heavy (non-hydrogen) atoms. The fraction of sp³-hybridized carbons (Fsp3) is 0.160. The molecule has 0 radical (unpaired) electrons. The number of ketones is 1. The zero-order chi connectivity index (χ0) is 24.1. The van der Waals surface area contributed by atoms with Gasteiger partial charge in [-0.2, -0.15) is 0 Å². The van der Waals surface area contributed by atoms with Crippen LogP contribution in [0.15, 0.2) is 69.6 Å². The van der Waals surface area contributed by atoms with Gasteiger partial charge in [0.15, 0.2) is 5.78 Å². The number of methoxy groups -OCH3 is 1. The topological polar surface area (TPSA) is 112 Å². The second kappa shape index (κ2) is 8.07. The molecule has 2 atom stereocenters. The SMILES string of the molecule is COC(=O)C1C(C)=NC2=C(C(=O)c3ccccc32)[C@@H]1c1ccc(-c2cc([N+](=O)[O-])ccc2Cl)o1. The molecule has 9 heteroatoms. The molecule has 1 aromatic heterocycles. The van der Waals surface area contributed by atoms with Gasteiger partial charge < -0.3 is 9.15 Å². The first-order chi connectivity index (χ1) is 16.3. The summed E-state index contributed by atoms with van der Waals surface area (Å²) in [6, 6.07) is 14.4. The minimum atomic E-state index is -0.874. The highest BCUT2D eigenvalue weighted by Crippen LogP contribution is 2.49. The predicted molar refractivity (Wildman–Crippen MR) is 125 cm³/mol. The number of carbonyl (C=O) groups is 2. The Labute approximate surface area is 198 Å². The van der Waals surface area contributed by atoms with E-state index in [0.717, 1.165) is 0 Å². The Balaban J connectivity index is 1.67. The van der Waals surface area contributed by atoms with E-state index in [4.69, 9.17) is 20.8 Å². The van der Waals surface area contributed by atoms with E-state index >= 15 is 0 Å². The number of benzene rings is 2. The molecule has 0 N–H and O–H groups in total. The van der Waals surface area contributed by atoms with E-state index < -0.39 is 22.7 Å². The molecule has 2 heterocycles. The molecule has 1 aliphatic carbocycles. The van der Waals surface area contributed by atoms with Crippen molar-refractivity contribution in [3.63, 3.8) is 0 Å². The number of carbonyl (C=O) groups excluding carboxylic acids is 2. The summed E-state index contributed by atoms with van der Waals surface area (Å²) in [6.45, 7) is 1.71. The Kier molecular flexibility index (Phi) is 5.17. The van der Waals surface area contributed by atoms with E-state index in [2.05, 4.69) is 4.99 Å². The molecule has 170 valence electrons. The molecule has 1 aliphatic heterocycles. The highest BCUT2D eigenvalue weighted by Gasteiger charge is 2.47. The first-order valence-electron chi connectivity index (χ1n) is 10.4. The van der Waals surface area contributed by atoms with Crippen LogP contribution in [0.25, 0.3) is 17.0 Å². The van der Waals surface area contributed by atoms with E-state index in [1.807, 2.05) is 12.1 Å². The number of esters is 1. The molecule has 0 saturated carbocycles. The Morgan fingerprint density at radius 1 is 1.12 bits per heavy atom. The number of nitro groups is 1. The van der Waals surface area contributed by atoms with Crippen molar-refractivity contribution in [2.24, 2.45) is 10.9 Å². The summed E-state index contributed by atoms with van der Waals surface area (Å²) in [7, 11) is 1.28. The van der Waals surface area contributed by atoms with Crippen LogP contribution in [0.2, 0.25) is 5.02 Å². The minimum Gasteiger partial charge on any atom is -0.468 e. The van der Waals surface area contributed by atoms with Crippen LogP contribution in [0, 0.1) is 16.0 Å². The average Bonchev–Trinajstić information content (AvgIpc) is 3.42. The maximum Gasteiger partial charge on any atom is 0.315 e. The highest BCUT2D eigenvalue weighted by molar-refractivity contribution is 6.33. The Bertz CT molecular complexity index is 1450. The number of nitrogens with zero attached hydrogens (tertiary/aromatic N) is 2. The lowest BCUT2D eigenvalue weighted by Crippen LogP contribution is -2.34. The van der Waals surface area contributed by atoms with Gasteiger partial charge in [0.25, 0.3) is 5.69 Å². The van der Waals surface area contributed by atoms with Crippen LogP contribution in [0.5, 0.6) is 0 Å². The summed E-state index contributed by atoms with van der Waals surface area (Å²) in [5.41, 5.74) is 2.75. The zero-order valence-electron chi connectivity index (χ0n) is 18.1. The van der Waals surface area contributed by atoms with Crippen LogP contribution in [-0.4, -0.2) is 29.5 Å². The number of rotatable bonds is 4. The summed E-state index contributed by atoms with van der Waals surface area (Å²) in [5, 5.41) is 11.5. The lowest BCUT2D eigenvalue weighted by Gasteiger charge is -2.28. The van der Waals surface area contributed by atoms with E-state index in [0.29, 0.717) is 39.4 Å².